The summed E-state index contributed by atoms with van der Waals surface area (Å²) < 4.78 is 42.4. The molecule has 0 aliphatic heterocycles. The molecule has 0 bridgehead atoms. The number of hydrogen-bond acceptors (Lipinski definition) is 2. The second-order valence-electron chi connectivity index (χ2n) is 3.90. The average Bonchev–Trinajstić information content (AvgIpc) is 2.38. The van der Waals surface area contributed by atoms with E-state index >= 15 is 0 Å². The van der Waals surface area contributed by atoms with E-state index in [9.17, 15) is 13.2 Å². The molecule has 0 unspecified atom stereocenters. The smallest absolute Gasteiger partial charge is 0.446 e. The van der Waals surface area contributed by atoms with Gasteiger partial charge in [-0.3, -0.25) is 0 Å². The van der Waals surface area contributed by atoms with Crippen LogP contribution in [0.15, 0.2) is 53.4 Å². The summed E-state index contributed by atoms with van der Waals surface area (Å²) in [7, 11) is 0. The van der Waals surface area contributed by atoms with Crippen molar-refractivity contribution in [2.75, 3.05) is 0 Å². The lowest BCUT2D eigenvalue weighted by Gasteiger charge is -2.09. The quantitative estimate of drug-likeness (QED) is 0.518. The largest absolute Gasteiger partial charge is 0.457 e. The lowest BCUT2D eigenvalue weighted by atomic mass is 10.2. The van der Waals surface area contributed by atoms with Gasteiger partial charge in [-0.2, -0.15) is 13.2 Å². The molecule has 2 aromatic carbocycles. The average molecular weight is 319 g/mol. The Balaban J connectivity index is 2.10. The third-order valence-electron chi connectivity index (χ3n) is 2.35. The number of halogens is 4. The zero-order valence-corrected chi connectivity index (χ0v) is 11.7. The molecule has 0 heterocycles. The maximum atomic E-state index is 12.3. The molecule has 0 aromatic heterocycles. The summed E-state index contributed by atoms with van der Waals surface area (Å²) >= 11 is 5.51. The Morgan fingerprint density at radius 3 is 2.30 bits per heavy atom. The Morgan fingerprint density at radius 1 is 1.00 bits per heavy atom. The number of thioether (sulfide) groups is 1. The highest BCUT2D eigenvalue weighted by molar-refractivity contribution is 8.00. The van der Waals surface area contributed by atoms with E-state index in [1.54, 1.807) is 30.3 Å². The van der Waals surface area contributed by atoms with Gasteiger partial charge in [0.05, 0.1) is 0 Å². The highest BCUT2D eigenvalue weighted by Gasteiger charge is 2.29. The summed E-state index contributed by atoms with van der Waals surface area (Å²) in [6.07, 6.45) is 0. The molecule has 2 aromatic rings. The Hall–Kier alpha value is -1.33. The molecule has 0 saturated carbocycles. The summed E-state index contributed by atoms with van der Waals surface area (Å²) in [6.45, 7) is 0. The highest BCUT2D eigenvalue weighted by Crippen LogP contribution is 2.38. The molecule has 0 aliphatic carbocycles. The predicted molar refractivity (Wildman–Crippen MR) is 74.4 cm³/mol. The van der Waals surface area contributed by atoms with Crippen molar-refractivity contribution in [3.05, 3.63) is 54.1 Å². The van der Waals surface area contributed by atoms with Crippen LogP contribution in [0, 0.1) is 0 Å². The van der Waals surface area contributed by atoms with Gasteiger partial charge in [0.15, 0.2) is 0 Å². The Morgan fingerprint density at radius 2 is 1.70 bits per heavy atom. The van der Waals surface area contributed by atoms with Gasteiger partial charge in [0.25, 0.3) is 0 Å². The molecule has 0 fully saturated rings. The van der Waals surface area contributed by atoms with Crippen LogP contribution in [0.25, 0.3) is 0 Å². The van der Waals surface area contributed by atoms with Crippen LogP contribution in [0.1, 0.15) is 5.56 Å². The molecule has 0 spiro atoms. The van der Waals surface area contributed by atoms with E-state index in [0.29, 0.717) is 17.4 Å². The van der Waals surface area contributed by atoms with Crippen molar-refractivity contribution < 1.29 is 17.9 Å². The van der Waals surface area contributed by atoms with Crippen molar-refractivity contribution in [3.63, 3.8) is 0 Å². The minimum Gasteiger partial charge on any atom is -0.457 e. The van der Waals surface area contributed by atoms with Crippen molar-refractivity contribution in [2.24, 2.45) is 0 Å². The van der Waals surface area contributed by atoms with E-state index in [4.69, 9.17) is 16.3 Å². The lowest BCUT2D eigenvalue weighted by Crippen LogP contribution is -1.98. The number of benzene rings is 2. The van der Waals surface area contributed by atoms with Gasteiger partial charge in [0.1, 0.15) is 11.5 Å². The molecule has 0 aliphatic rings. The van der Waals surface area contributed by atoms with E-state index in [0.717, 1.165) is 5.56 Å². The number of rotatable bonds is 4. The van der Waals surface area contributed by atoms with Crippen molar-refractivity contribution in [1.82, 2.24) is 0 Å². The maximum Gasteiger partial charge on any atom is 0.446 e. The summed E-state index contributed by atoms with van der Waals surface area (Å²) in [4.78, 5) is 0.0902. The Labute approximate surface area is 123 Å². The van der Waals surface area contributed by atoms with E-state index in [1.165, 1.54) is 18.2 Å². The normalized spacial score (nSPS) is 11.4. The highest BCUT2D eigenvalue weighted by atomic mass is 35.5. The number of alkyl halides is 4. The first kappa shape index (κ1) is 15.1. The minimum absolute atomic E-state index is 0.0902. The fraction of sp³-hybridized carbons (Fsp3) is 0.143. The van der Waals surface area contributed by atoms with E-state index < -0.39 is 5.51 Å². The van der Waals surface area contributed by atoms with Gasteiger partial charge < -0.3 is 4.74 Å². The van der Waals surface area contributed by atoms with Crippen molar-refractivity contribution in [2.45, 2.75) is 16.3 Å². The van der Waals surface area contributed by atoms with Crippen molar-refractivity contribution in [3.8, 4) is 11.5 Å². The lowest BCUT2D eigenvalue weighted by molar-refractivity contribution is -0.0328. The first-order valence-corrected chi connectivity index (χ1v) is 7.00. The third-order valence-corrected chi connectivity index (χ3v) is 3.38. The zero-order valence-electron chi connectivity index (χ0n) is 10.2. The molecular formula is C14H10ClF3OS. The fourth-order valence-electron chi connectivity index (χ4n) is 1.52. The van der Waals surface area contributed by atoms with Gasteiger partial charge in [0, 0.05) is 10.8 Å². The van der Waals surface area contributed by atoms with Gasteiger partial charge in [-0.15, -0.1) is 11.6 Å². The predicted octanol–water partition coefficient (Wildman–Crippen LogP) is 5.83. The maximum absolute atomic E-state index is 12.3. The molecule has 0 atom stereocenters. The minimum atomic E-state index is -4.30. The second kappa shape index (κ2) is 6.41. The summed E-state index contributed by atoms with van der Waals surface area (Å²) in [5.74, 6) is 1.31. The van der Waals surface area contributed by atoms with Crippen LogP contribution in [0.2, 0.25) is 0 Å². The van der Waals surface area contributed by atoms with Crippen LogP contribution in [-0.4, -0.2) is 5.51 Å². The SMILES string of the molecule is FC(F)(F)Sc1cccc(Oc2ccc(CCl)cc2)c1. The molecule has 0 amide bonds. The van der Waals surface area contributed by atoms with Crippen LogP contribution >= 0.6 is 23.4 Å². The van der Waals surface area contributed by atoms with Crippen molar-refractivity contribution >= 4 is 23.4 Å². The van der Waals surface area contributed by atoms with Crippen LogP contribution in [0.5, 0.6) is 11.5 Å². The van der Waals surface area contributed by atoms with E-state index in [1.807, 2.05) is 0 Å². The van der Waals surface area contributed by atoms with Gasteiger partial charge >= 0.3 is 5.51 Å². The monoisotopic (exact) mass is 318 g/mol. The summed E-state index contributed by atoms with van der Waals surface area (Å²) in [5, 5.41) is 0. The molecular weight excluding hydrogens is 309 g/mol. The van der Waals surface area contributed by atoms with Gasteiger partial charge in [-0.1, -0.05) is 18.2 Å². The summed E-state index contributed by atoms with van der Waals surface area (Å²) in [5.41, 5.74) is -3.36. The molecule has 20 heavy (non-hydrogen) atoms. The molecule has 2 rings (SSSR count). The first-order chi connectivity index (χ1) is 9.46. The first-order valence-electron chi connectivity index (χ1n) is 5.65. The summed E-state index contributed by atoms with van der Waals surface area (Å²) in [6, 6.07) is 12.9. The molecule has 6 heteroatoms. The van der Waals surface area contributed by atoms with Crippen LogP contribution in [0.3, 0.4) is 0 Å². The van der Waals surface area contributed by atoms with E-state index in [-0.39, 0.29) is 16.7 Å². The Kier molecular flexibility index (Phi) is 4.83. The van der Waals surface area contributed by atoms with Gasteiger partial charge in [0.2, 0.25) is 0 Å². The van der Waals surface area contributed by atoms with Crippen molar-refractivity contribution in [1.29, 1.82) is 0 Å². The van der Waals surface area contributed by atoms with Gasteiger partial charge in [-0.05, 0) is 47.7 Å². The fourth-order valence-corrected chi connectivity index (χ4v) is 2.28. The third kappa shape index (κ3) is 4.65. The number of hydrogen-bond donors (Lipinski definition) is 0. The standard InChI is InChI=1S/C14H10ClF3OS/c15-9-10-4-6-11(7-5-10)19-12-2-1-3-13(8-12)20-14(16,17)18/h1-8H,9H2. The molecule has 106 valence electrons. The van der Waals surface area contributed by atoms with Crippen LogP contribution in [-0.2, 0) is 5.88 Å². The molecule has 0 saturated heterocycles. The van der Waals surface area contributed by atoms with Gasteiger partial charge in [-0.25, -0.2) is 0 Å². The molecule has 0 radical (unpaired) electrons. The zero-order chi connectivity index (χ0) is 14.6. The number of ether oxygens (including phenoxy) is 1. The second-order valence-corrected chi connectivity index (χ2v) is 5.31. The Bertz CT molecular complexity index is 569. The van der Waals surface area contributed by atoms with Crippen LogP contribution in [0.4, 0.5) is 13.2 Å². The topological polar surface area (TPSA) is 9.23 Å². The molecule has 0 N–H and O–H groups in total. The van der Waals surface area contributed by atoms with E-state index in [2.05, 4.69) is 0 Å². The van der Waals surface area contributed by atoms with Crippen LogP contribution < -0.4 is 4.74 Å². The molecule has 1 nitrogen and oxygen atoms in total.